The van der Waals surface area contributed by atoms with Gasteiger partial charge in [0.2, 0.25) is 5.91 Å². The van der Waals surface area contributed by atoms with E-state index in [1.54, 1.807) is 0 Å². The van der Waals surface area contributed by atoms with Gasteiger partial charge in [-0.1, -0.05) is 29.5 Å². The Kier molecular flexibility index (Phi) is 3.89. The fourth-order valence-electron chi connectivity index (χ4n) is 2.97. The van der Waals surface area contributed by atoms with Crippen molar-refractivity contribution < 1.29 is 9.59 Å². The van der Waals surface area contributed by atoms with Crippen LogP contribution in [0.25, 0.3) is 10.9 Å². The number of nitrogens with zero attached hydrogens (tertiary/aromatic N) is 2. The summed E-state index contributed by atoms with van der Waals surface area (Å²) in [4.78, 5) is 34.2. The lowest BCUT2D eigenvalue weighted by Crippen LogP contribution is -2.35. The van der Waals surface area contributed by atoms with Gasteiger partial charge in [0.1, 0.15) is 5.69 Å². The minimum atomic E-state index is -0.427. The maximum atomic E-state index is 12.8. The Bertz CT molecular complexity index is 928. The zero-order valence-electron chi connectivity index (χ0n) is 13.4. The molecule has 0 unspecified atom stereocenters. The fourth-order valence-corrected chi connectivity index (χ4v) is 3.99. The number of primary amides is 1. The Morgan fingerprint density at radius 1 is 1.36 bits per heavy atom. The molecular weight excluding hydrogens is 338 g/mol. The number of benzene rings is 1. The first-order valence-electron chi connectivity index (χ1n) is 7.98. The third-order valence-corrected chi connectivity index (χ3v) is 5.23. The first kappa shape index (κ1) is 15.6. The molecule has 1 aliphatic rings. The molecule has 0 aliphatic carbocycles. The summed E-state index contributed by atoms with van der Waals surface area (Å²) in [6.07, 6.45) is 0.704. The predicted octanol–water partition coefficient (Wildman–Crippen LogP) is 1.72. The molecule has 8 heteroatoms. The third-order valence-electron chi connectivity index (χ3n) is 4.19. The number of thiazole rings is 1. The molecule has 4 N–H and O–H groups in total. The van der Waals surface area contributed by atoms with E-state index in [-0.39, 0.29) is 12.5 Å². The van der Waals surface area contributed by atoms with Crippen LogP contribution in [0.15, 0.2) is 30.3 Å². The number of carbonyl (C=O) groups is 2. The highest BCUT2D eigenvalue weighted by atomic mass is 32.1. The number of hydrogen-bond donors (Lipinski definition) is 3. The summed E-state index contributed by atoms with van der Waals surface area (Å²) < 4.78 is 0. The lowest BCUT2D eigenvalue weighted by Gasteiger charge is -2.25. The van der Waals surface area contributed by atoms with Crippen LogP contribution in [0.4, 0.5) is 5.13 Å². The summed E-state index contributed by atoms with van der Waals surface area (Å²) in [7, 11) is 0. The van der Waals surface area contributed by atoms with Gasteiger partial charge in [-0.05, 0) is 12.1 Å². The fraction of sp³-hybridized carbons (Fsp3) is 0.235. The lowest BCUT2D eigenvalue weighted by molar-refractivity contribution is -0.116. The number of nitrogens with two attached hydrogens (primary N) is 1. The zero-order valence-corrected chi connectivity index (χ0v) is 14.2. The first-order valence-corrected chi connectivity index (χ1v) is 8.79. The van der Waals surface area contributed by atoms with Crippen LogP contribution in [-0.4, -0.2) is 39.8 Å². The van der Waals surface area contributed by atoms with Crippen molar-refractivity contribution in [2.45, 2.75) is 13.0 Å². The van der Waals surface area contributed by atoms with Gasteiger partial charge in [0.15, 0.2) is 5.13 Å². The molecule has 0 saturated heterocycles. The van der Waals surface area contributed by atoms with Crippen LogP contribution in [0.5, 0.6) is 0 Å². The molecule has 0 atom stereocenters. The van der Waals surface area contributed by atoms with Crippen molar-refractivity contribution >= 4 is 39.2 Å². The molecule has 2 aromatic heterocycles. The van der Waals surface area contributed by atoms with Crippen LogP contribution in [0, 0.1) is 0 Å². The molecule has 4 rings (SSSR count). The maximum Gasteiger partial charge on any atom is 0.270 e. The van der Waals surface area contributed by atoms with Crippen molar-refractivity contribution in [1.82, 2.24) is 14.9 Å². The summed E-state index contributed by atoms with van der Waals surface area (Å²) in [6, 6.07) is 9.73. The molecule has 3 heterocycles. The van der Waals surface area contributed by atoms with Crippen LogP contribution in [0.2, 0.25) is 0 Å². The average Bonchev–Trinajstić information content (AvgIpc) is 3.22. The second-order valence-electron chi connectivity index (χ2n) is 5.96. The van der Waals surface area contributed by atoms with E-state index in [0.717, 1.165) is 21.5 Å². The Morgan fingerprint density at radius 2 is 2.20 bits per heavy atom. The second kappa shape index (κ2) is 6.21. The van der Waals surface area contributed by atoms with Gasteiger partial charge in [0, 0.05) is 28.7 Å². The summed E-state index contributed by atoms with van der Waals surface area (Å²) in [5.74, 6) is -0.439. The largest absolute Gasteiger partial charge is 0.368 e. The minimum Gasteiger partial charge on any atom is -0.368 e. The number of carbonyl (C=O) groups excluding carboxylic acids is 2. The van der Waals surface area contributed by atoms with E-state index in [4.69, 9.17) is 5.73 Å². The normalized spacial score (nSPS) is 13.7. The van der Waals surface area contributed by atoms with E-state index in [0.29, 0.717) is 30.3 Å². The van der Waals surface area contributed by atoms with Crippen molar-refractivity contribution in [2.75, 3.05) is 18.4 Å². The zero-order chi connectivity index (χ0) is 17.4. The highest BCUT2D eigenvalue weighted by molar-refractivity contribution is 7.15. The van der Waals surface area contributed by atoms with Crippen LogP contribution in [0.1, 0.15) is 21.1 Å². The van der Waals surface area contributed by atoms with Gasteiger partial charge in [0.25, 0.3) is 5.91 Å². The standard InChI is InChI=1S/C17H17N5O2S/c18-15(23)8-19-17-21-12-5-6-22(9-14(12)25-17)16(24)13-7-10-3-1-2-4-11(10)20-13/h1-4,7,20H,5-6,8-9H2,(H2,18,23)(H,19,21). The first-order chi connectivity index (χ1) is 12.1. The van der Waals surface area contributed by atoms with Gasteiger partial charge in [-0.25, -0.2) is 4.98 Å². The number of para-hydroxylation sites is 1. The van der Waals surface area contributed by atoms with E-state index in [9.17, 15) is 9.59 Å². The number of rotatable bonds is 4. The maximum absolute atomic E-state index is 12.8. The van der Waals surface area contributed by atoms with Gasteiger partial charge >= 0.3 is 0 Å². The van der Waals surface area contributed by atoms with E-state index < -0.39 is 5.91 Å². The lowest BCUT2D eigenvalue weighted by atomic mass is 10.1. The average molecular weight is 355 g/mol. The number of anilines is 1. The summed E-state index contributed by atoms with van der Waals surface area (Å²) in [5, 5.41) is 4.62. The summed E-state index contributed by atoms with van der Waals surface area (Å²) >= 11 is 1.46. The number of nitrogens with one attached hydrogen (secondary N) is 2. The van der Waals surface area contributed by atoms with Crippen molar-refractivity contribution in [3.05, 3.63) is 46.6 Å². The Labute approximate surface area is 147 Å². The van der Waals surface area contributed by atoms with Crippen LogP contribution < -0.4 is 11.1 Å². The molecule has 0 radical (unpaired) electrons. The minimum absolute atomic E-state index is 0.0121. The van der Waals surface area contributed by atoms with Crippen LogP contribution >= 0.6 is 11.3 Å². The molecule has 128 valence electrons. The van der Waals surface area contributed by atoms with Gasteiger partial charge in [0.05, 0.1) is 18.8 Å². The third kappa shape index (κ3) is 3.08. The number of fused-ring (bicyclic) bond motifs is 2. The molecule has 25 heavy (non-hydrogen) atoms. The van der Waals surface area contributed by atoms with Crippen molar-refractivity contribution in [3.63, 3.8) is 0 Å². The van der Waals surface area contributed by atoms with Crippen molar-refractivity contribution in [1.29, 1.82) is 0 Å². The van der Waals surface area contributed by atoms with Gasteiger partial charge in [-0.15, -0.1) is 0 Å². The van der Waals surface area contributed by atoms with Crippen LogP contribution in [0.3, 0.4) is 0 Å². The summed E-state index contributed by atoms with van der Waals surface area (Å²) in [6.45, 7) is 1.21. The molecule has 3 aromatic rings. The Morgan fingerprint density at radius 3 is 3.00 bits per heavy atom. The Balaban J connectivity index is 1.51. The second-order valence-corrected chi connectivity index (χ2v) is 7.04. The van der Waals surface area contributed by atoms with E-state index >= 15 is 0 Å². The van der Waals surface area contributed by atoms with Crippen LogP contribution in [-0.2, 0) is 17.8 Å². The molecular formula is C17H17N5O2S. The summed E-state index contributed by atoms with van der Waals surface area (Å²) in [5.41, 5.74) is 7.68. The van der Waals surface area contributed by atoms with Crippen molar-refractivity contribution in [3.8, 4) is 0 Å². The van der Waals surface area contributed by atoms with Crippen molar-refractivity contribution in [2.24, 2.45) is 5.73 Å². The van der Waals surface area contributed by atoms with E-state index in [1.165, 1.54) is 11.3 Å². The molecule has 1 aromatic carbocycles. The molecule has 2 amide bonds. The molecule has 1 aliphatic heterocycles. The number of amides is 2. The smallest absolute Gasteiger partial charge is 0.270 e. The molecule has 0 bridgehead atoms. The quantitative estimate of drug-likeness (QED) is 0.663. The van der Waals surface area contributed by atoms with Gasteiger partial charge in [-0.3, -0.25) is 9.59 Å². The van der Waals surface area contributed by atoms with E-state index in [1.807, 2.05) is 35.2 Å². The molecule has 7 nitrogen and oxygen atoms in total. The monoisotopic (exact) mass is 355 g/mol. The SMILES string of the molecule is NC(=O)CNc1nc2c(s1)CN(C(=O)c1cc3ccccc3[nH]1)CC2. The molecule has 0 spiro atoms. The molecule has 0 fully saturated rings. The number of aromatic amines is 1. The Hall–Kier alpha value is -2.87. The number of H-pyrrole nitrogens is 1. The van der Waals surface area contributed by atoms with Gasteiger partial charge in [-0.2, -0.15) is 0 Å². The van der Waals surface area contributed by atoms with E-state index in [2.05, 4.69) is 15.3 Å². The highest BCUT2D eigenvalue weighted by Crippen LogP contribution is 2.29. The predicted molar refractivity (Wildman–Crippen MR) is 96.5 cm³/mol. The topological polar surface area (TPSA) is 104 Å². The number of hydrogen-bond acceptors (Lipinski definition) is 5. The number of aromatic nitrogens is 2. The molecule has 0 saturated carbocycles. The highest BCUT2D eigenvalue weighted by Gasteiger charge is 2.25. The van der Waals surface area contributed by atoms with Gasteiger partial charge < -0.3 is 20.9 Å².